The maximum atomic E-state index is 6.07. The Kier molecular flexibility index (Phi) is 7.53. The predicted molar refractivity (Wildman–Crippen MR) is 114 cm³/mol. The van der Waals surface area contributed by atoms with Crippen LogP contribution < -0.4 is 11.1 Å². The molecule has 0 aromatic heterocycles. The summed E-state index contributed by atoms with van der Waals surface area (Å²) in [4.78, 5) is 9.60. The molecule has 1 unspecified atom stereocenters. The normalized spacial score (nSPS) is 23.0. The number of nitrogens with two attached hydrogens (primary N) is 1. The van der Waals surface area contributed by atoms with E-state index in [1.165, 1.54) is 56.4 Å². The molecule has 0 radical (unpaired) electrons. The third kappa shape index (κ3) is 6.22. The van der Waals surface area contributed by atoms with E-state index >= 15 is 0 Å². The van der Waals surface area contributed by atoms with Crippen molar-refractivity contribution in [3.05, 3.63) is 35.4 Å². The Bertz CT molecular complexity index is 589. The Balaban J connectivity index is 1.41. The summed E-state index contributed by atoms with van der Waals surface area (Å²) in [7, 11) is 0. The number of guanidine groups is 1. The van der Waals surface area contributed by atoms with Crippen molar-refractivity contribution in [3.8, 4) is 0 Å². The lowest BCUT2D eigenvalue weighted by molar-refractivity contribution is 0.185. The summed E-state index contributed by atoms with van der Waals surface area (Å²) in [6.45, 7) is 12.0. The number of aliphatic imine (C=N–C) groups is 1. The molecule has 1 aromatic carbocycles. The average molecular weight is 372 g/mol. The molecule has 1 atom stereocenters. The van der Waals surface area contributed by atoms with Crippen molar-refractivity contribution in [3.63, 3.8) is 0 Å². The van der Waals surface area contributed by atoms with Gasteiger partial charge in [-0.15, -0.1) is 0 Å². The number of nitrogens with zero attached hydrogens (tertiary/aromatic N) is 3. The number of hydrogen-bond donors (Lipinski definition) is 2. The van der Waals surface area contributed by atoms with Gasteiger partial charge < -0.3 is 11.1 Å². The van der Waals surface area contributed by atoms with Crippen molar-refractivity contribution in [2.75, 3.05) is 32.7 Å². The third-order valence-corrected chi connectivity index (χ3v) is 6.16. The van der Waals surface area contributed by atoms with E-state index in [1.54, 1.807) is 0 Å². The smallest absolute Gasteiger partial charge is 0.188 e. The molecule has 5 heteroatoms. The van der Waals surface area contributed by atoms with Crippen LogP contribution in [0.2, 0.25) is 0 Å². The summed E-state index contributed by atoms with van der Waals surface area (Å²) in [6, 6.07) is 9.46. The highest BCUT2D eigenvalue weighted by molar-refractivity contribution is 5.77. The fourth-order valence-corrected chi connectivity index (χ4v) is 4.23. The number of hydrogen-bond acceptors (Lipinski definition) is 3. The van der Waals surface area contributed by atoms with E-state index in [2.05, 4.69) is 58.2 Å². The summed E-state index contributed by atoms with van der Waals surface area (Å²) in [5.74, 6) is 1.45. The minimum Gasteiger partial charge on any atom is -0.370 e. The van der Waals surface area contributed by atoms with Crippen LogP contribution in [0.25, 0.3) is 0 Å². The van der Waals surface area contributed by atoms with Gasteiger partial charge in [0, 0.05) is 19.1 Å². The van der Waals surface area contributed by atoms with Crippen LogP contribution in [-0.2, 0) is 13.1 Å². The number of rotatable bonds is 7. The molecule has 0 spiro atoms. The van der Waals surface area contributed by atoms with Crippen molar-refractivity contribution in [2.45, 2.75) is 58.7 Å². The fraction of sp³-hybridized carbons (Fsp3) is 0.682. The van der Waals surface area contributed by atoms with Crippen LogP contribution in [0.15, 0.2) is 29.3 Å². The van der Waals surface area contributed by atoms with Crippen LogP contribution >= 0.6 is 0 Å². The van der Waals surface area contributed by atoms with Gasteiger partial charge in [-0.25, -0.2) is 4.99 Å². The standard InChI is InChI=1S/C22H37N5/c1-3-27-12-4-5-21(27)16-25-22(23)24-15-19-6-8-20(9-7-19)17-26-13-10-18(2)11-14-26/h6-9,18,21H,3-5,10-17H2,1-2H3,(H3,23,24,25). The highest BCUT2D eigenvalue weighted by Crippen LogP contribution is 2.18. The Morgan fingerprint density at radius 1 is 1.11 bits per heavy atom. The quantitative estimate of drug-likeness (QED) is 0.572. The van der Waals surface area contributed by atoms with E-state index in [0.717, 1.165) is 25.6 Å². The highest BCUT2D eigenvalue weighted by Gasteiger charge is 2.22. The fourth-order valence-electron chi connectivity index (χ4n) is 4.23. The van der Waals surface area contributed by atoms with Gasteiger partial charge in [0.05, 0.1) is 6.54 Å². The molecule has 1 aromatic rings. The van der Waals surface area contributed by atoms with Gasteiger partial charge in [0.2, 0.25) is 0 Å². The zero-order valence-electron chi connectivity index (χ0n) is 17.2. The average Bonchev–Trinajstić information content (AvgIpc) is 3.15. The molecule has 2 aliphatic heterocycles. The first kappa shape index (κ1) is 20.2. The van der Waals surface area contributed by atoms with Crippen LogP contribution in [0.1, 0.15) is 50.7 Å². The molecule has 3 rings (SSSR count). The second kappa shape index (κ2) is 10.1. The summed E-state index contributed by atoms with van der Waals surface area (Å²) < 4.78 is 0. The molecule has 150 valence electrons. The molecule has 0 amide bonds. The number of benzene rings is 1. The zero-order chi connectivity index (χ0) is 19.1. The molecular weight excluding hydrogens is 334 g/mol. The van der Waals surface area contributed by atoms with Crippen molar-refractivity contribution >= 4 is 5.96 Å². The van der Waals surface area contributed by atoms with E-state index in [0.29, 0.717) is 18.5 Å². The maximum absolute atomic E-state index is 6.07. The number of likely N-dealkylation sites (N-methyl/N-ethyl adjacent to an activating group) is 1. The van der Waals surface area contributed by atoms with Gasteiger partial charge in [-0.1, -0.05) is 38.1 Å². The van der Waals surface area contributed by atoms with Crippen molar-refractivity contribution < 1.29 is 0 Å². The molecule has 27 heavy (non-hydrogen) atoms. The zero-order valence-corrected chi connectivity index (χ0v) is 17.2. The van der Waals surface area contributed by atoms with Gasteiger partial charge in [-0.3, -0.25) is 9.80 Å². The summed E-state index contributed by atoms with van der Waals surface area (Å²) in [5.41, 5.74) is 8.67. The first-order chi connectivity index (χ1) is 13.1. The van der Waals surface area contributed by atoms with Crippen molar-refractivity contribution in [1.82, 2.24) is 15.1 Å². The molecule has 5 nitrogen and oxygen atoms in total. The Morgan fingerprint density at radius 3 is 2.52 bits per heavy atom. The van der Waals surface area contributed by atoms with E-state index < -0.39 is 0 Å². The van der Waals surface area contributed by atoms with E-state index in [1.807, 2.05) is 0 Å². The van der Waals surface area contributed by atoms with Crippen LogP contribution in [0.4, 0.5) is 0 Å². The summed E-state index contributed by atoms with van der Waals surface area (Å²) in [5, 5.41) is 3.31. The van der Waals surface area contributed by atoms with Gasteiger partial charge in [-0.2, -0.15) is 0 Å². The summed E-state index contributed by atoms with van der Waals surface area (Å²) >= 11 is 0. The van der Waals surface area contributed by atoms with Crippen LogP contribution in [0.5, 0.6) is 0 Å². The van der Waals surface area contributed by atoms with Gasteiger partial charge in [0.1, 0.15) is 0 Å². The van der Waals surface area contributed by atoms with Crippen LogP contribution in [0, 0.1) is 5.92 Å². The Morgan fingerprint density at radius 2 is 1.81 bits per heavy atom. The monoisotopic (exact) mass is 371 g/mol. The lowest BCUT2D eigenvalue weighted by Crippen LogP contribution is -2.42. The summed E-state index contributed by atoms with van der Waals surface area (Å²) in [6.07, 6.45) is 5.21. The van der Waals surface area contributed by atoms with E-state index in [4.69, 9.17) is 5.73 Å². The molecule has 0 saturated carbocycles. The molecule has 0 bridgehead atoms. The van der Waals surface area contributed by atoms with Gasteiger partial charge >= 0.3 is 0 Å². The molecule has 2 aliphatic rings. The van der Waals surface area contributed by atoms with Gasteiger partial charge in [0.25, 0.3) is 0 Å². The highest BCUT2D eigenvalue weighted by atomic mass is 15.2. The molecular formula is C22H37N5. The second-order valence-corrected chi connectivity index (χ2v) is 8.28. The number of piperidine rings is 1. The van der Waals surface area contributed by atoms with E-state index in [9.17, 15) is 0 Å². The first-order valence-electron chi connectivity index (χ1n) is 10.7. The van der Waals surface area contributed by atoms with Crippen LogP contribution in [0.3, 0.4) is 0 Å². The number of nitrogens with one attached hydrogen (secondary N) is 1. The third-order valence-electron chi connectivity index (χ3n) is 6.16. The molecule has 0 aliphatic carbocycles. The lowest BCUT2D eigenvalue weighted by atomic mass is 9.99. The minimum absolute atomic E-state index is 0.560. The predicted octanol–water partition coefficient (Wildman–Crippen LogP) is 2.81. The van der Waals surface area contributed by atoms with Gasteiger partial charge in [-0.05, 0) is 68.9 Å². The Hall–Kier alpha value is -1.59. The Labute approximate surface area is 165 Å². The molecule has 3 N–H and O–H groups in total. The van der Waals surface area contributed by atoms with Crippen molar-refractivity contribution in [1.29, 1.82) is 0 Å². The lowest BCUT2D eigenvalue weighted by Gasteiger charge is -2.30. The van der Waals surface area contributed by atoms with E-state index in [-0.39, 0.29) is 0 Å². The largest absolute Gasteiger partial charge is 0.370 e. The topological polar surface area (TPSA) is 56.9 Å². The second-order valence-electron chi connectivity index (χ2n) is 8.28. The molecule has 2 saturated heterocycles. The van der Waals surface area contributed by atoms with Crippen LogP contribution in [-0.4, -0.2) is 54.5 Å². The van der Waals surface area contributed by atoms with Crippen molar-refractivity contribution in [2.24, 2.45) is 16.6 Å². The SMILES string of the molecule is CCN1CCCC1CNC(N)=NCc1ccc(CN2CCC(C)CC2)cc1. The number of likely N-dealkylation sites (tertiary alicyclic amines) is 2. The molecule has 2 fully saturated rings. The maximum Gasteiger partial charge on any atom is 0.188 e. The minimum atomic E-state index is 0.560. The molecule has 2 heterocycles. The van der Waals surface area contributed by atoms with Gasteiger partial charge in [0.15, 0.2) is 5.96 Å². The first-order valence-corrected chi connectivity index (χ1v) is 10.7.